The third-order valence-electron chi connectivity index (χ3n) is 3.31. The van der Waals surface area contributed by atoms with Gasteiger partial charge in [0, 0.05) is 13.7 Å². The molecule has 2 aromatic carbocycles. The van der Waals surface area contributed by atoms with Gasteiger partial charge >= 0.3 is 0 Å². The number of rotatable bonds is 2. The van der Waals surface area contributed by atoms with Crippen molar-refractivity contribution in [2.24, 2.45) is 0 Å². The van der Waals surface area contributed by atoms with Crippen molar-refractivity contribution in [3.8, 4) is 0 Å². The molecule has 1 aliphatic rings. The quantitative estimate of drug-likeness (QED) is 0.632. The first-order valence-electron chi connectivity index (χ1n) is 6.07. The van der Waals surface area contributed by atoms with Crippen LogP contribution >= 0.6 is 38.5 Å². The lowest BCUT2D eigenvalue weighted by Gasteiger charge is -2.18. The van der Waals surface area contributed by atoms with Crippen LogP contribution in [0, 0.1) is 9.39 Å². The summed E-state index contributed by atoms with van der Waals surface area (Å²) in [6.07, 6.45) is 0.416. The number of carbonyl (C=O) groups is 1. The first kappa shape index (κ1) is 14.0. The molecule has 0 atom stereocenters. The van der Waals surface area contributed by atoms with Crippen molar-refractivity contribution in [2.75, 3.05) is 4.90 Å². The topological polar surface area (TPSA) is 20.3 Å². The number of hydrogen-bond donors (Lipinski definition) is 0. The van der Waals surface area contributed by atoms with Gasteiger partial charge in [-0.15, -0.1) is 0 Å². The number of hydrogen-bond acceptors (Lipinski definition) is 1. The van der Waals surface area contributed by atoms with Gasteiger partial charge in [-0.05, 0) is 70.1 Å². The molecule has 0 radical (unpaired) electrons. The van der Waals surface area contributed by atoms with Gasteiger partial charge in [0.15, 0.2) is 0 Å². The SMILES string of the molecule is O=C1Cc2cc(I)ccc2N1Cc1cc(F)ccc1Br. The largest absolute Gasteiger partial charge is 0.307 e. The number of anilines is 1. The van der Waals surface area contributed by atoms with Crippen LogP contribution in [0.25, 0.3) is 0 Å². The van der Waals surface area contributed by atoms with Gasteiger partial charge in [0.2, 0.25) is 5.91 Å². The fourth-order valence-electron chi connectivity index (χ4n) is 2.36. The zero-order valence-electron chi connectivity index (χ0n) is 10.4. The molecule has 102 valence electrons. The molecule has 0 bridgehead atoms. The summed E-state index contributed by atoms with van der Waals surface area (Å²) in [4.78, 5) is 13.9. The third kappa shape index (κ3) is 2.61. The maximum absolute atomic E-state index is 13.3. The Morgan fingerprint density at radius 2 is 2.05 bits per heavy atom. The minimum Gasteiger partial charge on any atom is -0.307 e. The van der Waals surface area contributed by atoms with Gasteiger partial charge in [0.25, 0.3) is 0 Å². The van der Waals surface area contributed by atoms with Crippen molar-refractivity contribution in [1.82, 2.24) is 0 Å². The van der Waals surface area contributed by atoms with Crippen molar-refractivity contribution in [1.29, 1.82) is 0 Å². The summed E-state index contributed by atoms with van der Waals surface area (Å²) in [7, 11) is 0. The van der Waals surface area contributed by atoms with E-state index in [9.17, 15) is 9.18 Å². The molecule has 2 aromatic rings. The summed E-state index contributed by atoms with van der Waals surface area (Å²) < 4.78 is 15.3. The Bertz CT molecular complexity index is 704. The lowest BCUT2D eigenvalue weighted by atomic mass is 10.1. The van der Waals surface area contributed by atoms with Crippen LogP contribution in [-0.4, -0.2) is 5.91 Å². The molecule has 3 rings (SSSR count). The molecule has 0 saturated carbocycles. The van der Waals surface area contributed by atoms with Gasteiger partial charge in [-0.3, -0.25) is 4.79 Å². The molecular weight excluding hydrogens is 436 g/mol. The van der Waals surface area contributed by atoms with Gasteiger partial charge in [0.05, 0.1) is 13.0 Å². The predicted molar refractivity (Wildman–Crippen MR) is 88.2 cm³/mol. The van der Waals surface area contributed by atoms with Crippen molar-refractivity contribution in [3.63, 3.8) is 0 Å². The highest BCUT2D eigenvalue weighted by atomic mass is 127. The van der Waals surface area contributed by atoms with Gasteiger partial charge in [0.1, 0.15) is 5.82 Å². The Labute approximate surface area is 138 Å². The summed E-state index contributed by atoms with van der Waals surface area (Å²) in [5, 5.41) is 0. The van der Waals surface area contributed by atoms with Gasteiger partial charge in [-0.2, -0.15) is 0 Å². The highest BCUT2D eigenvalue weighted by molar-refractivity contribution is 14.1. The van der Waals surface area contributed by atoms with Crippen LogP contribution in [0.1, 0.15) is 11.1 Å². The van der Waals surface area contributed by atoms with E-state index in [4.69, 9.17) is 0 Å². The molecule has 1 amide bonds. The van der Waals surface area contributed by atoms with Crippen LogP contribution in [0.15, 0.2) is 40.9 Å². The van der Waals surface area contributed by atoms with Crippen LogP contribution in [0.2, 0.25) is 0 Å². The number of halogens is 3. The Morgan fingerprint density at radius 1 is 1.25 bits per heavy atom. The zero-order valence-corrected chi connectivity index (χ0v) is 14.1. The van der Waals surface area contributed by atoms with Crippen LogP contribution in [0.4, 0.5) is 10.1 Å². The van der Waals surface area contributed by atoms with E-state index in [1.165, 1.54) is 12.1 Å². The van der Waals surface area contributed by atoms with E-state index >= 15 is 0 Å². The van der Waals surface area contributed by atoms with Crippen molar-refractivity contribution < 1.29 is 9.18 Å². The Hall–Kier alpha value is -0.950. The average molecular weight is 446 g/mol. The summed E-state index contributed by atoms with van der Waals surface area (Å²) in [6.45, 7) is 0.380. The van der Waals surface area contributed by atoms with Gasteiger partial charge in [-0.25, -0.2) is 4.39 Å². The van der Waals surface area contributed by atoms with Crippen LogP contribution in [-0.2, 0) is 17.8 Å². The molecule has 20 heavy (non-hydrogen) atoms. The van der Waals surface area contributed by atoms with Crippen molar-refractivity contribution >= 4 is 50.1 Å². The average Bonchev–Trinajstić information content (AvgIpc) is 2.69. The molecule has 0 N–H and O–H groups in total. The Morgan fingerprint density at radius 3 is 2.85 bits per heavy atom. The minimum atomic E-state index is -0.294. The second-order valence-corrected chi connectivity index (χ2v) is 6.77. The number of amides is 1. The lowest BCUT2D eigenvalue weighted by molar-refractivity contribution is -0.117. The second kappa shape index (κ2) is 5.44. The van der Waals surface area contributed by atoms with Gasteiger partial charge in [-0.1, -0.05) is 15.9 Å². The first-order valence-corrected chi connectivity index (χ1v) is 7.94. The van der Waals surface area contributed by atoms with Crippen LogP contribution < -0.4 is 4.90 Å². The van der Waals surface area contributed by atoms with E-state index in [2.05, 4.69) is 38.5 Å². The maximum atomic E-state index is 13.3. The van der Waals surface area contributed by atoms with E-state index < -0.39 is 0 Å². The lowest BCUT2D eigenvalue weighted by Crippen LogP contribution is -2.26. The normalized spacial score (nSPS) is 13.8. The molecule has 0 aromatic heterocycles. The molecule has 0 aliphatic carbocycles. The van der Waals surface area contributed by atoms with E-state index in [0.29, 0.717) is 13.0 Å². The number of benzene rings is 2. The standard InChI is InChI=1S/C15H10BrFINO/c16-13-3-1-11(17)5-10(13)8-19-14-4-2-12(18)6-9(14)7-15(19)20/h1-6H,7-8H2. The molecule has 1 heterocycles. The molecule has 2 nitrogen and oxygen atoms in total. The van der Waals surface area contributed by atoms with Crippen molar-refractivity contribution in [2.45, 2.75) is 13.0 Å². The molecule has 1 aliphatic heterocycles. The molecule has 0 fully saturated rings. The molecule has 0 saturated heterocycles. The van der Waals surface area contributed by atoms with Crippen LogP contribution in [0.3, 0.4) is 0 Å². The first-order chi connectivity index (χ1) is 9.54. The highest BCUT2D eigenvalue weighted by Gasteiger charge is 2.27. The van der Waals surface area contributed by atoms with Crippen molar-refractivity contribution in [3.05, 3.63) is 61.4 Å². The second-order valence-electron chi connectivity index (χ2n) is 4.67. The van der Waals surface area contributed by atoms with E-state index in [0.717, 1.165) is 24.9 Å². The molecule has 5 heteroatoms. The predicted octanol–water partition coefficient (Wildman–Crippen LogP) is 4.28. The number of carbonyl (C=O) groups excluding carboxylic acids is 1. The monoisotopic (exact) mass is 445 g/mol. The van der Waals surface area contributed by atoms with E-state index in [1.807, 2.05) is 18.2 Å². The molecule has 0 unspecified atom stereocenters. The molecule has 0 spiro atoms. The fourth-order valence-corrected chi connectivity index (χ4v) is 3.29. The maximum Gasteiger partial charge on any atom is 0.231 e. The zero-order chi connectivity index (χ0) is 14.3. The third-order valence-corrected chi connectivity index (χ3v) is 4.76. The number of nitrogens with zero attached hydrogens (tertiary/aromatic N) is 1. The van der Waals surface area contributed by atoms with E-state index in [1.54, 1.807) is 11.0 Å². The fraction of sp³-hybridized carbons (Fsp3) is 0.133. The smallest absolute Gasteiger partial charge is 0.231 e. The summed E-state index contributed by atoms with van der Waals surface area (Å²) in [6, 6.07) is 10.5. The number of fused-ring (bicyclic) bond motifs is 1. The Balaban J connectivity index is 1.96. The summed E-state index contributed by atoms with van der Waals surface area (Å²) in [5.74, 6) is -0.240. The summed E-state index contributed by atoms with van der Waals surface area (Å²) in [5.41, 5.74) is 2.73. The van der Waals surface area contributed by atoms with E-state index in [-0.39, 0.29) is 11.7 Å². The summed E-state index contributed by atoms with van der Waals surface area (Å²) >= 11 is 5.64. The highest BCUT2D eigenvalue weighted by Crippen LogP contribution is 2.32. The van der Waals surface area contributed by atoms with Gasteiger partial charge < -0.3 is 4.90 Å². The minimum absolute atomic E-state index is 0.0539. The van der Waals surface area contributed by atoms with Crippen LogP contribution in [0.5, 0.6) is 0 Å². The molecular formula is C15H10BrFINO. The Kier molecular flexibility index (Phi) is 3.81.